The van der Waals surface area contributed by atoms with Crippen LogP contribution in [0.5, 0.6) is 0 Å². The molecule has 0 saturated heterocycles. The Hall–Kier alpha value is -0.860. The van der Waals surface area contributed by atoms with Crippen molar-refractivity contribution >= 4 is 0 Å². The Balaban J connectivity index is 1.94. The van der Waals surface area contributed by atoms with Crippen LogP contribution in [0, 0.1) is 5.92 Å². The van der Waals surface area contributed by atoms with Crippen molar-refractivity contribution in [3.8, 4) is 0 Å². The number of aliphatic hydroxyl groups excluding tert-OH is 1. The first-order valence-electron chi connectivity index (χ1n) is 7.68. The Morgan fingerprint density at radius 2 is 2.00 bits per heavy atom. The van der Waals surface area contributed by atoms with Crippen LogP contribution in [-0.4, -0.2) is 17.3 Å². The SMILES string of the molecule is CCC1CCCC(CO)(NCc2ccccc2)CC1. The van der Waals surface area contributed by atoms with Crippen LogP contribution in [0.15, 0.2) is 30.3 Å². The molecule has 106 valence electrons. The summed E-state index contributed by atoms with van der Waals surface area (Å²) in [6.45, 7) is 3.41. The molecule has 1 aliphatic rings. The number of rotatable bonds is 5. The highest BCUT2D eigenvalue weighted by molar-refractivity contribution is 5.14. The third-order valence-electron chi connectivity index (χ3n) is 4.69. The second-order valence-electron chi connectivity index (χ2n) is 5.98. The van der Waals surface area contributed by atoms with E-state index in [0.29, 0.717) is 0 Å². The minimum Gasteiger partial charge on any atom is -0.394 e. The van der Waals surface area contributed by atoms with E-state index in [4.69, 9.17) is 0 Å². The summed E-state index contributed by atoms with van der Waals surface area (Å²) >= 11 is 0. The summed E-state index contributed by atoms with van der Waals surface area (Å²) in [4.78, 5) is 0. The highest BCUT2D eigenvalue weighted by Gasteiger charge is 2.31. The maximum absolute atomic E-state index is 9.84. The molecule has 0 radical (unpaired) electrons. The first-order chi connectivity index (χ1) is 9.28. The van der Waals surface area contributed by atoms with Gasteiger partial charge >= 0.3 is 0 Å². The second-order valence-corrected chi connectivity index (χ2v) is 5.98. The third kappa shape index (κ3) is 4.05. The normalized spacial score (nSPS) is 28.0. The molecule has 2 rings (SSSR count). The number of aliphatic hydroxyl groups is 1. The molecule has 1 aliphatic carbocycles. The van der Waals surface area contributed by atoms with E-state index in [-0.39, 0.29) is 12.1 Å². The molecule has 0 bridgehead atoms. The van der Waals surface area contributed by atoms with Gasteiger partial charge in [0.2, 0.25) is 0 Å². The van der Waals surface area contributed by atoms with Crippen molar-refractivity contribution in [2.24, 2.45) is 5.92 Å². The van der Waals surface area contributed by atoms with Crippen LogP contribution in [0.2, 0.25) is 0 Å². The van der Waals surface area contributed by atoms with Crippen molar-refractivity contribution in [2.75, 3.05) is 6.61 Å². The van der Waals surface area contributed by atoms with E-state index in [1.54, 1.807) is 0 Å². The van der Waals surface area contributed by atoms with E-state index in [9.17, 15) is 5.11 Å². The Morgan fingerprint density at radius 3 is 2.68 bits per heavy atom. The lowest BCUT2D eigenvalue weighted by Gasteiger charge is -2.32. The molecule has 0 amide bonds. The maximum atomic E-state index is 9.84. The fourth-order valence-electron chi connectivity index (χ4n) is 3.16. The average Bonchev–Trinajstić information content (AvgIpc) is 2.69. The van der Waals surface area contributed by atoms with Crippen molar-refractivity contribution < 1.29 is 5.11 Å². The van der Waals surface area contributed by atoms with E-state index >= 15 is 0 Å². The summed E-state index contributed by atoms with van der Waals surface area (Å²) in [7, 11) is 0. The smallest absolute Gasteiger partial charge is 0.0613 e. The molecule has 2 nitrogen and oxygen atoms in total. The van der Waals surface area contributed by atoms with E-state index in [2.05, 4.69) is 36.5 Å². The number of hydrogen-bond acceptors (Lipinski definition) is 2. The lowest BCUT2D eigenvalue weighted by Crippen LogP contribution is -2.47. The maximum Gasteiger partial charge on any atom is 0.0613 e. The van der Waals surface area contributed by atoms with Crippen LogP contribution in [0.4, 0.5) is 0 Å². The molecule has 1 aromatic rings. The molecule has 1 fully saturated rings. The Labute approximate surface area is 117 Å². The zero-order valence-corrected chi connectivity index (χ0v) is 12.1. The van der Waals surface area contributed by atoms with Gasteiger partial charge in [-0.3, -0.25) is 0 Å². The predicted molar refractivity (Wildman–Crippen MR) is 80.0 cm³/mol. The van der Waals surface area contributed by atoms with Gasteiger partial charge in [0.1, 0.15) is 0 Å². The largest absolute Gasteiger partial charge is 0.394 e. The molecular formula is C17H27NO. The zero-order chi connectivity index (χ0) is 13.6. The van der Waals surface area contributed by atoms with Crippen molar-refractivity contribution in [3.63, 3.8) is 0 Å². The van der Waals surface area contributed by atoms with Crippen LogP contribution in [0.1, 0.15) is 51.0 Å². The molecule has 1 saturated carbocycles. The van der Waals surface area contributed by atoms with Crippen LogP contribution in [0.25, 0.3) is 0 Å². The lowest BCUT2D eigenvalue weighted by atomic mass is 9.89. The summed E-state index contributed by atoms with van der Waals surface area (Å²) in [6.07, 6.45) is 7.30. The van der Waals surface area contributed by atoms with E-state index in [0.717, 1.165) is 25.3 Å². The van der Waals surface area contributed by atoms with Gasteiger partial charge in [0.05, 0.1) is 6.61 Å². The van der Waals surface area contributed by atoms with E-state index in [1.807, 2.05) is 6.07 Å². The van der Waals surface area contributed by atoms with Crippen molar-refractivity contribution in [3.05, 3.63) is 35.9 Å². The molecule has 19 heavy (non-hydrogen) atoms. The third-order valence-corrected chi connectivity index (χ3v) is 4.69. The van der Waals surface area contributed by atoms with Crippen molar-refractivity contribution in [1.82, 2.24) is 5.32 Å². The molecule has 1 aromatic carbocycles. The van der Waals surface area contributed by atoms with Crippen LogP contribution in [0.3, 0.4) is 0 Å². The van der Waals surface area contributed by atoms with E-state index in [1.165, 1.54) is 31.2 Å². The minimum atomic E-state index is -0.0558. The molecular weight excluding hydrogens is 234 g/mol. The summed E-state index contributed by atoms with van der Waals surface area (Å²) < 4.78 is 0. The molecule has 0 heterocycles. The van der Waals surface area contributed by atoms with Crippen molar-refractivity contribution in [2.45, 2.75) is 57.5 Å². The van der Waals surface area contributed by atoms with Crippen LogP contribution >= 0.6 is 0 Å². The van der Waals surface area contributed by atoms with Gasteiger partial charge in [-0.15, -0.1) is 0 Å². The van der Waals surface area contributed by atoms with Crippen LogP contribution < -0.4 is 5.32 Å². The summed E-state index contributed by atoms with van der Waals surface area (Å²) in [5.74, 6) is 0.854. The monoisotopic (exact) mass is 261 g/mol. The minimum absolute atomic E-state index is 0.0558. The fourth-order valence-corrected chi connectivity index (χ4v) is 3.16. The van der Waals surface area contributed by atoms with Gasteiger partial charge in [-0.05, 0) is 30.7 Å². The molecule has 2 heteroatoms. The Bertz CT molecular complexity index is 365. The molecule has 0 aliphatic heterocycles. The number of hydrogen-bond donors (Lipinski definition) is 2. The highest BCUT2D eigenvalue weighted by atomic mass is 16.3. The first kappa shape index (κ1) is 14.5. The number of benzene rings is 1. The summed E-state index contributed by atoms with van der Waals surface area (Å²) in [5, 5.41) is 13.5. The highest BCUT2D eigenvalue weighted by Crippen LogP contribution is 2.32. The fraction of sp³-hybridized carbons (Fsp3) is 0.647. The second kappa shape index (κ2) is 7.06. The van der Waals surface area contributed by atoms with Gasteiger partial charge in [0, 0.05) is 12.1 Å². The van der Waals surface area contributed by atoms with Crippen LogP contribution in [-0.2, 0) is 6.54 Å². The predicted octanol–water partition coefficient (Wildman–Crippen LogP) is 3.50. The molecule has 0 spiro atoms. The van der Waals surface area contributed by atoms with Gasteiger partial charge in [0.15, 0.2) is 0 Å². The first-order valence-corrected chi connectivity index (χ1v) is 7.68. The molecule has 2 N–H and O–H groups in total. The molecule has 2 atom stereocenters. The topological polar surface area (TPSA) is 32.3 Å². The molecule has 2 unspecified atom stereocenters. The van der Waals surface area contributed by atoms with Gasteiger partial charge < -0.3 is 10.4 Å². The Morgan fingerprint density at radius 1 is 1.21 bits per heavy atom. The number of nitrogens with one attached hydrogen (secondary N) is 1. The van der Waals surface area contributed by atoms with Gasteiger partial charge in [-0.25, -0.2) is 0 Å². The Kier molecular flexibility index (Phi) is 5.41. The van der Waals surface area contributed by atoms with Gasteiger partial charge in [0.25, 0.3) is 0 Å². The average molecular weight is 261 g/mol. The quantitative estimate of drug-likeness (QED) is 0.795. The zero-order valence-electron chi connectivity index (χ0n) is 12.1. The van der Waals surface area contributed by atoms with Gasteiger partial charge in [-0.2, -0.15) is 0 Å². The summed E-state index contributed by atoms with van der Waals surface area (Å²) in [6, 6.07) is 10.5. The van der Waals surface area contributed by atoms with Crippen molar-refractivity contribution in [1.29, 1.82) is 0 Å². The summed E-state index contributed by atoms with van der Waals surface area (Å²) in [5.41, 5.74) is 1.24. The molecule has 0 aromatic heterocycles. The lowest BCUT2D eigenvalue weighted by molar-refractivity contribution is 0.141. The van der Waals surface area contributed by atoms with Gasteiger partial charge in [-0.1, -0.05) is 56.5 Å². The van der Waals surface area contributed by atoms with E-state index < -0.39 is 0 Å². The standard InChI is InChI=1S/C17H27NO/c1-2-15-9-6-11-17(14-19,12-10-15)18-13-16-7-4-3-5-8-16/h3-5,7-8,15,18-19H,2,6,9-14H2,1H3.